The van der Waals surface area contributed by atoms with Crippen molar-refractivity contribution in [2.75, 3.05) is 5.32 Å². The van der Waals surface area contributed by atoms with Gasteiger partial charge in [-0.2, -0.15) is 0 Å². The number of carbonyl (C=O) groups excluding carboxylic acids is 2. The molecule has 0 atom stereocenters. The summed E-state index contributed by atoms with van der Waals surface area (Å²) in [5, 5.41) is 23.2. The summed E-state index contributed by atoms with van der Waals surface area (Å²) in [4.78, 5) is 25.8. The van der Waals surface area contributed by atoms with Crippen molar-refractivity contribution in [2.24, 2.45) is 0 Å². The van der Waals surface area contributed by atoms with E-state index in [0.29, 0.717) is 5.69 Å². The maximum Gasteiger partial charge on any atom is 0.200 e. The molecule has 0 amide bonds. The van der Waals surface area contributed by atoms with E-state index in [2.05, 4.69) is 5.32 Å². The number of hydrogen-bond donors (Lipinski definition) is 3. The largest absolute Gasteiger partial charge is 0.507 e. The third-order valence-corrected chi connectivity index (χ3v) is 4.20. The molecule has 3 N–H and O–H groups in total. The Balaban J connectivity index is 1.92. The number of fused-ring (bicyclic) bond motifs is 2. The van der Waals surface area contributed by atoms with Crippen LogP contribution >= 0.6 is 0 Å². The molecule has 5 nitrogen and oxygen atoms in total. The first-order chi connectivity index (χ1) is 12.1. The first-order valence-corrected chi connectivity index (χ1v) is 7.67. The van der Waals surface area contributed by atoms with E-state index in [4.69, 9.17) is 0 Å². The van der Waals surface area contributed by atoms with Crippen LogP contribution in [0, 0.1) is 0 Å². The standard InChI is InChI=1S/C20H13NO4/c22-14-9-10-15(23)18-17(14)19(24)12-7-4-8-13(16(12)20(18)25)21-11-5-2-1-3-6-11/h1-10,21-23H. The van der Waals surface area contributed by atoms with Crippen LogP contribution in [0.15, 0.2) is 60.7 Å². The fourth-order valence-corrected chi connectivity index (χ4v) is 3.07. The molecule has 3 aromatic carbocycles. The average molecular weight is 331 g/mol. The Morgan fingerprint density at radius 1 is 0.640 bits per heavy atom. The third-order valence-electron chi connectivity index (χ3n) is 4.20. The molecule has 1 aliphatic rings. The monoisotopic (exact) mass is 331 g/mol. The maximum absolute atomic E-state index is 13.0. The van der Waals surface area contributed by atoms with E-state index in [1.165, 1.54) is 18.2 Å². The molecule has 0 saturated heterocycles. The fraction of sp³-hybridized carbons (Fsp3) is 0. The minimum atomic E-state index is -0.503. The topological polar surface area (TPSA) is 86.6 Å². The van der Waals surface area contributed by atoms with Gasteiger partial charge in [0.1, 0.15) is 11.5 Å². The fourth-order valence-electron chi connectivity index (χ4n) is 3.07. The van der Waals surface area contributed by atoms with Gasteiger partial charge in [-0.25, -0.2) is 0 Å². The highest BCUT2D eigenvalue weighted by molar-refractivity contribution is 6.32. The summed E-state index contributed by atoms with van der Waals surface area (Å²) >= 11 is 0. The third kappa shape index (κ3) is 2.25. The van der Waals surface area contributed by atoms with Crippen molar-refractivity contribution in [3.63, 3.8) is 0 Å². The van der Waals surface area contributed by atoms with Crippen molar-refractivity contribution < 1.29 is 19.8 Å². The highest BCUT2D eigenvalue weighted by Crippen LogP contribution is 2.40. The molecule has 0 radical (unpaired) electrons. The minimum Gasteiger partial charge on any atom is -0.507 e. The average Bonchev–Trinajstić information content (AvgIpc) is 2.62. The van der Waals surface area contributed by atoms with Crippen molar-refractivity contribution in [2.45, 2.75) is 0 Å². The number of benzene rings is 3. The molecular weight excluding hydrogens is 318 g/mol. The predicted octanol–water partition coefficient (Wildman–Crippen LogP) is 3.62. The molecule has 0 saturated carbocycles. The molecule has 0 bridgehead atoms. The van der Waals surface area contributed by atoms with E-state index in [1.54, 1.807) is 12.1 Å². The molecule has 4 rings (SSSR count). The Morgan fingerprint density at radius 3 is 1.96 bits per heavy atom. The van der Waals surface area contributed by atoms with Gasteiger partial charge in [-0.3, -0.25) is 9.59 Å². The van der Waals surface area contributed by atoms with Crippen LogP contribution in [0.25, 0.3) is 0 Å². The quantitative estimate of drug-likeness (QED) is 0.488. The zero-order chi connectivity index (χ0) is 17.6. The Labute approximate surface area is 143 Å². The Hall–Kier alpha value is -3.60. The van der Waals surface area contributed by atoms with E-state index in [9.17, 15) is 19.8 Å². The normalized spacial score (nSPS) is 12.5. The molecule has 0 aliphatic heterocycles. The molecule has 3 aromatic rings. The van der Waals surface area contributed by atoms with Gasteiger partial charge in [0.15, 0.2) is 11.6 Å². The van der Waals surface area contributed by atoms with Crippen LogP contribution in [-0.2, 0) is 0 Å². The molecule has 122 valence electrons. The number of aromatic hydroxyl groups is 2. The number of para-hydroxylation sites is 1. The zero-order valence-electron chi connectivity index (χ0n) is 13.0. The predicted molar refractivity (Wildman–Crippen MR) is 92.8 cm³/mol. The molecule has 1 aliphatic carbocycles. The molecule has 0 fully saturated rings. The van der Waals surface area contributed by atoms with Gasteiger partial charge < -0.3 is 15.5 Å². The minimum absolute atomic E-state index is 0.158. The number of anilines is 2. The lowest BCUT2D eigenvalue weighted by Gasteiger charge is -2.22. The number of nitrogens with one attached hydrogen (secondary N) is 1. The lowest BCUT2D eigenvalue weighted by molar-refractivity contribution is 0.0974. The second kappa shape index (κ2) is 5.49. The SMILES string of the molecule is O=C1c2cccc(Nc3ccccc3)c2C(=O)c2c(O)ccc(O)c21. The number of phenols is 2. The smallest absolute Gasteiger partial charge is 0.200 e. The molecule has 0 spiro atoms. The second-order valence-electron chi connectivity index (χ2n) is 5.73. The lowest BCUT2D eigenvalue weighted by Crippen LogP contribution is -2.22. The van der Waals surface area contributed by atoms with E-state index in [1.807, 2.05) is 30.3 Å². The summed E-state index contributed by atoms with van der Waals surface area (Å²) < 4.78 is 0. The Morgan fingerprint density at radius 2 is 1.28 bits per heavy atom. The van der Waals surface area contributed by atoms with Crippen LogP contribution < -0.4 is 5.32 Å². The zero-order valence-corrected chi connectivity index (χ0v) is 13.0. The van der Waals surface area contributed by atoms with Gasteiger partial charge in [0, 0.05) is 11.3 Å². The summed E-state index contributed by atoms with van der Waals surface area (Å²) in [5.74, 6) is -1.64. The van der Waals surface area contributed by atoms with Gasteiger partial charge >= 0.3 is 0 Å². The van der Waals surface area contributed by atoms with Gasteiger partial charge in [-0.15, -0.1) is 0 Å². The number of carbonyl (C=O) groups is 2. The number of ketones is 2. The first-order valence-electron chi connectivity index (χ1n) is 7.67. The van der Waals surface area contributed by atoms with Gasteiger partial charge in [0.05, 0.1) is 22.4 Å². The summed E-state index contributed by atoms with van der Waals surface area (Å²) in [6.07, 6.45) is 0. The van der Waals surface area contributed by atoms with Crippen molar-refractivity contribution >= 4 is 22.9 Å². The Bertz CT molecular complexity index is 1030. The number of phenolic OH excluding ortho intramolecular Hbond substituents is 2. The van der Waals surface area contributed by atoms with Crippen molar-refractivity contribution in [1.82, 2.24) is 0 Å². The summed E-state index contributed by atoms with van der Waals surface area (Å²) in [5.41, 5.74) is 1.29. The van der Waals surface area contributed by atoms with Crippen molar-refractivity contribution in [1.29, 1.82) is 0 Å². The van der Waals surface area contributed by atoms with Gasteiger partial charge in [-0.1, -0.05) is 30.3 Å². The van der Waals surface area contributed by atoms with Crippen LogP contribution in [0.2, 0.25) is 0 Å². The molecule has 0 aromatic heterocycles. The lowest BCUT2D eigenvalue weighted by atomic mass is 9.82. The van der Waals surface area contributed by atoms with Crippen LogP contribution in [0.4, 0.5) is 11.4 Å². The van der Waals surface area contributed by atoms with E-state index < -0.39 is 11.6 Å². The van der Waals surface area contributed by atoms with Crippen molar-refractivity contribution in [3.05, 3.63) is 82.9 Å². The Kier molecular flexibility index (Phi) is 3.28. The van der Waals surface area contributed by atoms with Crippen LogP contribution in [-0.4, -0.2) is 21.8 Å². The van der Waals surface area contributed by atoms with Crippen molar-refractivity contribution in [3.8, 4) is 11.5 Å². The van der Waals surface area contributed by atoms with Crippen LogP contribution in [0.5, 0.6) is 11.5 Å². The van der Waals surface area contributed by atoms with E-state index in [-0.39, 0.29) is 33.8 Å². The van der Waals surface area contributed by atoms with Crippen LogP contribution in [0.3, 0.4) is 0 Å². The maximum atomic E-state index is 13.0. The summed E-state index contributed by atoms with van der Waals surface area (Å²) in [6, 6.07) is 16.6. The van der Waals surface area contributed by atoms with Gasteiger partial charge in [-0.05, 0) is 30.3 Å². The molecule has 0 unspecified atom stereocenters. The van der Waals surface area contributed by atoms with E-state index in [0.717, 1.165) is 5.69 Å². The van der Waals surface area contributed by atoms with Crippen LogP contribution in [0.1, 0.15) is 31.8 Å². The molecular formula is C20H13NO4. The highest BCUT2D eigenvalue weighted by atomic mass is 16.3. The summed E-state index contributed by atoms with van der Waals surface area (Å²) in [7, 11) is 0. The number of hydrogen-bond acceptors (Lipinski definition) is 5. The highest BCUT2D eigenvalue weighted by Gasteiger charge is 2.35. The first kappa shape index (κ1) is 15.0. The second-order valence-corrected chi connectivity index (χ2v) is 5.73. The van der Waals surface area contributed by atoms with E-state index >= 15 is 0 Å². The molecule has 5 heteroatoms. The number of rotatable bonds is 2. The van der Waals surface area contributed by atoms with Gasteiger partial charge in [0.2, 0.25) is 0 Å². The van der Waals surface area contributed by atoms with Gasteiger partial charge in [0.25, 0.3) is 0 Å². The summed E-state index contributed by atoms with van der Waals surface area (Å²) in [6.45, 7) is 0. The molecule has 0 heterocycles. The molecule has 25 heavy (non-hydrogen) atoms.